The highest BCUT2D eigenvalue weighted by Crippen LogP contribution is 2.69. The van der Waals surface area contributed by atoms with Crippen molar-refractivity contribution < 1.29 is 0 Å². The van der Waals surface area contributed by atoms with E-state index in [0.717, 1.165) is 41.2 Å². The van der Waals surface area contributed by atoms with Crippen molar-refractivity contribution in [2.75, 3.05) is 0 Å². The number of aromatic nitrogens is 1. The topological polar surface area (TPSA) is 12.9 Å². The molecule has 41 heavy (non-hydrogen) atoms. The van der Waals surface area contributed by atoms with Crippen molar-refractivity contribution >= 4 is 5.57 Å². The van der Waals surface area contributed by atoms with E-state index in [1.54, 1.807) is 5.57 Å². The molecule has 1 aromatic heterocycles. The number of hydrogen-bond donors (Lipinski definition) is 0. The molecule has 2 bridgehead atoms. The lowest BCUT2D eigenvalue weighted by molar-refractivity contribution is -0.0507. The fourth-order valence-corrected chi connectivity index (χ4v) is 11.3. The zero-order valence-corrected chi connectivity index (χ0v) is 27.7. The first-order valence-electron chi connectivity index (χ1n) is 17.8. The Morgan fingerprint density at radius 3 is 2.56 bits per heavy atom. The highest BCUT2D eigenvalue weighted by atomic mass is 14.7. The lowest BCUT2D eigenvalue weighted by Gasteiger charge is -2.57. The predicted molar refractivity (Wildman–Crippen MR) is 177 cm³/mol. The standard InChI is InChI=1S/C38H55N.C2H6/c1-7-11-28-12-10-13-29(16-15-28)25(2)33-19-20-34-31-18-17-30-24-32(36-14-8-9-23-39-36)27(4)38(6,26(30)3)35(31)21-22-37(33,34)5;1-2/h8-9,14-15,23-26,29-31,33-35H,4,7,10-13,16-22H2,1-3,5-6H3;1-2H3. The first-order valence-corrected chi connectivity index (χ1v) is 17.8. The van der Waals surface area contributed by atoms with Crippen LogP contribution >= 0.6 is 0 Å². The van der Waals surface area contributed by atoms with Gasteiger partial charge in [0.05, 0.1) is 5.69 Å². The minimum Gasteiger partial charge on any atom is -0.256 e. The van der Waals surface area contributed by atoms with Crippen LogP contribution in [0.5, 0.6) is 0 Å². The van der Waals surface area contributed by atoms with Crippen LogP contribution < -0.4 is 0 Å². The Kier molecular flexibility index (Phi) is 9.42. The van der Waals surface area contributed by atoms with E-state index in [2.05, 4.69) is 58.9 Å². The Morgan fingerprint density at radius 1 is 1.02 bits per heavy atom. The summed E-state index contributed by atoms with van der Waals surface area (Å²) >= 11 is 0. The van der Waals surface area contributed by atoms with Crippen molar-refractivity contribution in [2.24, 2.45) is 58.2 Å². The third-order valence-corrected chi connectivity index (χ3v) is 13.7. The van der Waals surface area contributed by atoms with Crippen molar-refractivity contribution in [1.29, 1.82) is 0 Å². The molecule has 3 saturated carbocycles. The van der Waals surface area contributed by atoms with E-state index in [1.165, 1.54) is 88.2 Å². The first-order chi connectivity index (χ1) is 19.8. The summed E-state index contributed by atoms with van der Waals surface area (Å²) in [7, 11) is 0. The molecule has 10 atom stereocenters. The number of nitrogens with zero attached hydrogens (tertiary/aromatic N) is 1. The Labute approximate surface area is 253 Å². The van der Waals surface area contributed by atoms with E-state index in [1.807, 2.05) is 26.1 Å². The van der Waals surface area contributed by atoms with Crippen molar-refractivity contribution in [3.8, 4) is 0 Å². The Hall–Kier alpha value is -1.63. The molecule has 0 radical (unpaired) electrons. The second kappa shape index (κ2) is 12.5. The van der Waals surface area contributed by atoms with Gasteiger partial charge in [0.1, 0.15) is 0 Å². The van der Waals surface area contributed by atoms with Gasteiger partial charge >= 0.3 is 0 Å². The van der Waals surface area contributed by atoms with Gasteiger partial charge in [-0.2, -0.15) is 0 Å². The Bertz CT molecular complexity index is 1110. The Balaban J connectivity index is 0.00000165. The molecule has 10 unspecified atom stereocenters. The quantitative estimate of drug-likeness (QED) is 0.329. The molecule has 0 amide bonds. The van der Waals surface area contributed by atoms with Crippen LogP contribution in [0, 0.1) is 58.2 Å². The molecule has 6 rings (SSSR count). The van der Waals surface area contributed by atoms with Crippen LogP contribution in [0.4, 0.5) is 0 Å². The van der Waals surface area contributed by atoms with Gasteiger partial charge in [0.25, 0.3) is 0 Å². The lowest BCUT2D eigenvalue weighted by Crippen LogP contribution is -2.50. The van der Waals surface area contributed by atoms with Gasteiger partial charge in [-0.25, -0.2) is 0 Å². The van der Waals surface area contributed by atoms with E-state index in [4.69, 9.17) is 11.6 Å². The van der Waals surface area contributed by atoms with Crippen molar-refractivity contribution in [3.05, 3.63) is 60.0 Å². The predicted octanol–water partition coefficient (Wildman–Crippen LogP) is 11.7. The van der Waals surface area contributed by atoms with E-state index < -0.39 is 0 Å². The zero-order valence-electron chi connectivity index (χ0n) is 27.7. The smallest absolute Gasteiger partial charge is 0.0701 e. The Morgan fingerprint density at radius 2 is 1.83 bits per heavy atom. The molecule has 5 aliphatic rings. The van der Waals surface area contributed by atoms with Crippen LogP contribution in [-0.4, -0.2) is 4.98 Å². The normalized spacial score (nSPS) is 41.0. The van der Waals surface area contributed by atoms with Gasteiger partial charge in [-0.3, -0.25) is 4.98 Å². The highest BCUT2D eigenvalue weighted by molar-refractivity contribution is 5.79. The lowest BCUT2D eigenvalue weighted by atomic mass is 9.48. The number of rotatable bonds is 5. The van der Waals surface area contributed by atoms with Crippen molar-refractivity contribution in [2.45, 2.75) is 126 Å². The van der Waals surface area contributed by atoms with Crippen LogP contribution in [-0.2, 0) is 0 Å². The van der Waals surface area contributed by atoms with Gasteiger partial charge in [0.2, 0.25) is 0 Å². The largest absolute Gasteiger partial charge is 0.256 e. The van der Waals surface area contributed by atoms with Gasteiger partial charge in [-0.1, -0.05) is 85.3 Å². The van der Waals surface area contributed by atoms with Crippen LogP contribution in [0.15, 0.2) is 54.3 Å². The van der Waals surface area contributed by atoms with Crippen LogP contribution in [0.3, 0.4) is 0 Å². The maximum absolute atomic E-state index is 4.87. The van der Waals surface area contributed by atoms with Gasteiger partial charge < -0.3 is 0 Å². The molecule has 0 aliphatic heterocycles. The number of fused-ring (bicyclic) bond motifs is 6. The average molecular weight is 556 g/mol. The minimum absolute atomic E-state index is 0.181. The SMILES string of the molecule is C=C1C(c2ccccn2)=CC2CCC3C4CCC(C(C)C5CC=C(CCC)CCC5)C4(C)CCC3C1(C)C2C.CC. The van der Waals surface area contributed by atoms with Crippen molar-refractivity contribution in [1.82, 2.24) is 4.98 Å². The highest BCUT2D eigenvalue weighted by Gasteiger charge is 2.61. The second-order valence-electron chi connectivity index (χ2n) is 15.1. The van der Waals surface area contributed by atoms with E-state index in [-0.39, 0.29) is 5.41 Å². The monoisotopic (exact) mass is 555 g/mol. The first kappa shape index (κ1) is 30.8. The molecular formula is C40H61N. The summed E-state index contributed by atoms with van der Waals surface area (Å²) in [4.78, 5) is 4.80. The third kappa shape index (κ3) is 5.25. The molecule has 226 valence electrons. The molecule has 5 aliphatic carbocycles. The minimum atomic E-state index is 0.181. The van der Waals surface area contributed by atoms with Gasteiger partial charge in [-0.15, -0.1) is 0 Å². The fraction of sp³-hybridized carbons (Fsp3) is 0.725. The number of allylic oxidation sites excluding steroid dienone is 5. The van der Waals surface area contributed by atoms with Gasteiger partial charge in [0, 0.05) is 6.20 Å². The van der Waals surface area contributed by atoms with Gasteiger partial charge in [-0.05, 0) is 152 Å². The summed E-state index contributed by atoms with van der Waals surface area (Å²) in [6.07, 6.45) is 24.0. The van der Waals surface area contributed by atoms with E-state index >= 15 is 0 Å². The molecule has 0 N–H and O–H groups in total. The third-order valence-electron chi connectivity index (χ3n) is 13.7. The molecule has 0 spiro atoms. The molecule has 0 saturated heterocycles. The molecular weight excluding hydrogens is 494 g/mol. The molecule has 1 heteroatoms. The average Bonchev–Trinajstić information content (AvgIpc) is 3.13. The molecule has 0 aromatic carbocycles. The summed E-state index contributed by atoms with van der Waals surface area (Å²) in [6.45, 7) is 21.8. The summed E-state index contributed by atoms with van der Waals surface area (Å²) in [6, 6.07) is 6.39. The van der Waals surface area contributed by atoms with E-state index in [0.29, 0.717) is 17.3 Å². The molecule has 1 aromatic rings. The van der Waals surface area contributed by atoms with Crippen molar-refractivity contribution in [3.63, 3.8) is 0 Å². The molecule has 3 fully saturated rings. The zero-order chi connectivity index (χ0) is 29.4. The molecule has 1 nitrogen and oxygen atoms in total. The van der Waals surface area contributed by atoms with Crippen LogP contribution in [0.25, 0.3) is 5.57 Å². The van der Waals surface area contributed by atoms with Crippen LogP contribution in [0.2, 0.25) is 0 Å². The summed E-state index contributed by atoms with van der Waals surface area (Å²) < 4.78 is 0. The maximum atomic E-state index is 4.87. The van der Waals surface area contributed by atoms with Crippen LogP contribution in [0.1, 0.15) is 131 Å². The summed E-state index contributed by atoms with van der Waals surface area (Å²) in [5.74, 6) is 6.51. The van der Waals surface area contributed by atoms with Gasteiger partial charge in [0.15, 0.2) is 0 Å². The summed E-state index contributed by atoms with van der Waals surface area (Å²) in [5, 5.41) is 0. The second-order valence-corrected chi connectivity index (χ2v) is 15.1. The van der Waals surface area contributed by atoms with E-state index in [9.17, 15) is 0 Å². The fourth-order valence-electron chi connectivity index (χ4n) is 11.3. The number of hydrogen-bond acceptors (Lipinski definition) is 1. The summed E-state index contributed by atoms with van der Waals surface area (Å²) in [5.41, 5.74) is 6.35. The molecule has 1 heterocycles. The maximum Gasteiger partial charge on any atom is 0.0701 e. The number of pyridine rings is 1.